The Morgan fingerprint density at radius 2 is 1.70 bits per heavy atom. The van der Waals surface area contributed by atoms with Crippen molar-refractivity contribution < 1.29 is 0 Å². The van der Waals surface area contributed by atoms with Gasteiger partial charge in [0.25, 0.3) is 0 Å². The van der Waals surface area contributed by atoms with E-state index < -0.39 is 0 Å². The molecule has 0 bridgehead atoms. The quantitative estimate of drug-likeness (QED) is 0.151. The van der Waals surface area contributed by atoms with Gasteiger partial charge in [-0.3, -0.25) is 4.99 Å². The normalized spacial score (nSPS) is 21.3. The SMILES string of the molecule is C=C/C=C\C=C(/C)N=C(C(=C)/C=C\C1CSc2ccccc21)c1ccc(/C(C)=C/C2=C(C=C)C3C=CC(C4=CCNc5c4ccc4c5NCC=C4)=CC3C=C2)cc1. The van der Waals surface area contributed by atoms with E-state index in [0.29, 0.717) is 5.92 Å². The molecule has 4 heteroatoms. The van der Waals surface area contributed by atoms with Crippen LogP contribution in [0.5, 0.6) is 0 Å². The monoisotopic (exact) mass is 759 g/mol. The highest BCUT2D eigenvalue weighted by Crippen LogP contribution is 2.45. The van der Waals surface area contributed by atoms with E-state index in [4.69, 9.17) is 4.99 Å². The van der Waals surface area contributed by atoms with E-state index in [1.54, 1.807) is 6.08 Å². The molecule has 3 heterocycles. The zero-order chi connectivity index (χ0) is 39.3. The maximum absolute atomic E-state index is 5.07. The molecule has 3 aromatic carbocycles. The van der Waals surface area contributed by atoms with E-state index in [1.807, 2.05) is 43.0 Å². The maximum atomic E-state index is 5.07. The maximum Gasteiger partial charge on any atom is 0.0771 e. The van der Waals surface area contributed by atoms with Crippen molar-refractivity contribution in [1.29, 1.82) is 0 Å². The zero-order valence-electron chi connectivity index (χ0n) is 32.8. The summed E-state index contributed by atoms with van der Waals surface area (Å²) in [6, 6.07) is 21.9. The molecule has 0 saturated heterocycles. The van der Waals surface area contributed by atoms with Crippen LogP contribution in [0, 0.1) is 11.8 Å². The minimum atomic E-state index is 0.238. The zero-order valence-corrected chi connectivity index (χ0v) is 33.7. The van der Waals surface area contributed by atoms with E-state index in [-0.39, 0.29) is 11.8 Å². The third-order valence-corrected chi connectivity index (χ3v) is 12.4. The van der Waals surface area contributed by atoms with Gasteiger partial charge in [0.05, 0.1) is 17.1 Å². The van der Waals surface area contributed by atoms with Crippen LogP contribution in [-0.4, -0.2) is 24.6 Å². The molecule has 3 unspecified atom stereocenters. The lowest BCUT2D eigenvalue weighted by Gasteiger charge is -2.31. The third-order valence-electron chi connectivity index (χ3n) is 11.2. The van der Waals surface area contributed by atoms with Gasteiger partial charge in [0, 0.05) is 58.3 Å². The second-order valence-corrected chi connectivity index (χ2v) is 16.0. The molecule has 0 amide bonds. The summed E-state index contributed by atoms with van der Waals surface area (Å²) in [6.07, 6.45) is 34.9. The molecule has 8 rings (SSSR count). The number of rotatable bonds is 11. The number of allylic oxidation sites excluding steroid dienone is 20. The molecular formula is C53H49N3S. The highest BCUT2D eigenvalue weighted by atomic mass is 32.2. The number of thioether (sulfide) groups is 1. The molecule has 0 fully saturated rings. The third kappa shape index (κ3) is 7.96. The van der Waals surface area contributed by atoms with Gasteiger partial charge in [-0.1, -0.05) is 165 Å². The molecule has 0 aromatic heterocycles. The summed E-state index contributed by atoms with van der Waals surface area (Å²) in [5, 5.41) is 7.21. The number of fused-ring (bicyclic) bond motifs is 5. The minimum absolute atomic E-state index is 0.238. The average Bonchev–Trinajstić information content (AvgIpc) is 3.67. The van der Waals surface area contributed by atoms with Crippen molar-refractivity contribution in [3.8, 4) is 0 Å². The lowest BCUT2D eigenvalue weighted by Crippen LogP contribution is -2.19. The first kappa shape index (κ1) is 37.8. The molecule has 0 spiro atoms. The molecule has 3 atom stereocenters. The second-order valence-electron chi connectivity index (χ2n) is 14.9. The number of aliphatic imine (C=N–C) groups is 1. The van der Waals surface area contributed by atoms with E-state index in [2.05, 4.69) is 165 Å². The van der Waals surface area contributed by atoms with E-state index in [1.165, 1.54) is 60.8 Å². The Morgan fingerprint density at radius 1 is 0.877 bits per heavy atom. The molecule has 3 aliphatic heterocycles. The second kappa shape index (κ2) is 17.0. The fourth-order valence-electron chi connectivity index (χ4n) is 8.27. The van der Waals surface area contributed by atoms with Gasteiger partial charge in [-0.15, -0.1) is 11.8 Å². The fraction of sp³-hybridized carbons (Fsp3) is 0.151. The topological polar surface area (TPSA) is 36.4 Å². The molecule has 2 aliphatic carbocycles. The van der Waals surface area contributed by atoms with Crippen LogP contribution in [0.15, 0.2) is 209 Å². The van der Waals surface area contributed by atoms with Crippen molar-refractivity contribution in [2.45, 2.75) is 24.7 Å². The summed E-state index contributed by atoms with van der Waals surface area (Å²) < 4.78 is 0. The Balaban J connectivity index is 1.02. The van der Waals surface area contributed by atoms with Gasteiger partial charge in [0.2, 0.25) is 0 Å². The Kier molecular flexibility index (Phi) is 11.2. The van der Waals surface area contributed by atoms with Crippen LogP contribution in [-0.2, 0) is 0 Å². The Labute approximate surface area is 342 Å². The summed E-state index contributed by atoms with van der Waals surface area (Å²) >= 11 is 1.92. The number of nitrogens with zero attached hydrogens (tertiary/aromatic N) is 1. The number of anilines is 2. The first-order chi connectivity index (χ1) is 27.9. The summed E-state index contributed by atoms with van der Waals surface area (Å²) in [5.41, 5.74) is 17.3. The Morgan fingerprint density at radius 3 is 2.54 bits per heavy atom. The Bertz CT molecular complexity index is 2480. The van der Waals surface area contributed by atoms with Crippen LogP contribution in [0.1, 0.15) is 47.6 Å². The van der Waals surface area contributed by atoms with Crippen LogP contribution >= 0.6 is 11.8 Å². The molecule has 0 radical (unpaired) electrons. The molecule has 282 valence electrons. The predicted molar refractivity (Wildman–Crippen MR) is 249 cm³/mol. The van der Waals surface area contributed by atoms with Crippen LogP contribution in [0.4, 0.5) is 11.4 Å². The minimum Gasteiger partial charge on any atom is -0.379 e. The average molecular weight is 760 g/mol. The molecule has 0 saturated carbocycles. The van der Waals surface area contributed by atoms with Crippen molar-refractivity contribution in [1.82, 2.24) is 0 Å². The van der Waals surface area contributed by atoms with E-state index in [0.717, 1.165) is 47.0 Å². The summed E-state index contributed by atoms with van der Waals surface area (Å²) in [7, 11) is 0. The molecule has 57 heavy (non-hydrogen) atoms. The summed E-state index contributed by atoms with van der Waals surface area (Å²) in [6.45, 7) is 18.4. The van der Waals surface area contributed by atoms with Crippen molar-refractivity contribution in [3.05, 3.63) is 227 Å². The van der Waals surface area contributed by atoms with Gasteiger partial charge in [-0.05, 0) is 76.1 Å². The van der Waals surface area contributed by atoms with Crippen molar-refractivity contribution in [2.24, 2.45) is 16.8 Å². The van der Waals surface area contributed by atoms with Crippen molar-refractivity contribution in [2.75, 3.05) is 29.5 Å². The predicted octanol–water partition coefficient (Wildman–Crippen LogP) is 13.3. The molecular weight excluding hydrogens is 711 g/mol. The standard InChI is InChI=1S/C53H49N3S/c1-6-8-9-13-37(5)56-51(35(3)17-18-44-34-57-50-16-11-10-15-48(44)50)40-21-19-38(20-22-40)36(4)32-41-23-24-42-33-43(26-27-46(42)45(41)7-2)47-29-31-55-53-49(47)28-25-39-14-12-30-54-52(39)53/h6-29,32-33,42,44,46,54-55H,1-3,30-31,34H2,4-5H3/b9-8-,18-17-,36-32+,37-13+,56-51?. The molecule has 2 N–H and O–H groups in total. The molecule has 3 nitrogen and oxygen atoms in total. The summed E-state index contributed by atoms with van der Waals surface area (Å²) in [5.74, 6) is 1.90. The lowest BCUT2D eigenvalue weighted by molar-refractivity contribution is 0.629. The Hall–Kier alpha value is -6.10. The number of hydrogen-bond donors (Lipinski definition) is 2. The largest absolute Gasteiger partial charge is 0.379 e. The van der Waals surface area contributed by atoms with Crippen LogP contribution in [0.25, 0.3) is 17.2 Å². The number of hydrogen-bond acceptors (Lipinski definition) is 4. The van der Waals surface area contributed by atoms with Gasteiger partial charge >= 0.3 is 0 Å². The first-order valence-corrected chi connectivity index (χ1v) is 20.8. The van der Waals surface area contributed by atoms with Gasteiger partial charge in [-0.25, -0.2) is 0 Å². The van der Waals surface area contributed by atoms with Crippen molar-refractivity contribution in [3.63, 3.8) is 0 Å². The number of benzene rings is 3. The van der Waals surface area contributed by atoms with Crippen molar-refractivity contribution >= 4 is 46.1 Å². The lowest BCUT2D eigenvalue weighted by atomic mass is 9.74. The molecule has 5 aliphatic rings. The van der Waals surface area contributed by atoms with Crippen LogP contribution in [0.2, 0.25) is 0 Å². The van der Waals surface area contributed by atoms with Gasteiger partial charge < -0.3 is 10.6 Å². The van der Waals surface area contributed by atoms with Gasteiger partial charge in [-0.2, -0.15) is 0 Å². The summed E-state index contributed by atoms with van der Waals surface area (Å²) in [4.78, 5) is 6.44. The van der Waals surface area contributed by atoms with E-state index >= 15 is 0 Å². The van der Waals surface area contributed by atoms with Crippen LogP contribution in [0.3, 0.4) is 0 Å². The highest BCUT2D eigenvalue weighted by Gasteiger charge is 2.28. The van der Waals surface area contributed by atoms with Gasteiger partial charge in [0.15, 0.2) is 0 Å². The fourth-order valence-corrected chi connectivity index (χ4v) is 9.48. The highest BCUT2D eigenvalue weighted by molar-refractivity contribution is 7.99. The first-order valence-electron chi connectivity index (χ1n) is 19.8. The smallest absolute Gasteiger partial charge is 0.0771 e. The van der Waals surface area contributed by atoms with Crippen LogP contribution < -0.4 is 10.6 Å². The van der Waals surface area contributed by atoms with Gasteiger partial charge in [0.1, 0.15) is 0 Å². The number of nitrogens with one attached hydrogen (secondary N) is 2. The molecule has 3 aromatic rings. The van der Waals surface area contributed by atoms with E-state index in [9.17, 15) is 0 Å².